The van der Waals surface area contributed by atoms with Crippen LogP contribution in [0.4, 0.5) is 10.1 Å². The van der Waals surface area contributed by atoms with Crippen molar-refractivity contribution in [1.29, 1.82) is 0 Å². The van der Waals surface area contributed by atoms with Gasteiger partial charge in [0.1, 0.15) is 5.82 Å². The molecule has 0 bridgehead atoms. The third-order valence-electron chi connectivity index (χ3n) is 10.5. The molecule has 0 aromatic heterocycles. The van der Waals surface area contributed by atoms with Gasteiger partial charge < -0.3 is 9.84 Å². The van der Waals surface area contributed by atoms with E-state index in [4.69, 9.17) is 16.3 Å². The fourth-order valence-electron chi connectivity index (χ4n) is 8.08. The first-order chi connectivity index (χ1) is 22.5. The summed E-state index contributed by atoms with van der Waals surface area (Å²) in [5.41, 5.74) is 1.29. The number of carbonyl (C=O) groups is 4. The largest absolute Gasteiger partial charge is 0.504 e. The summed E-state index contributed by atoms with van der Waals surface area (Å²) in [6.07, 6.45) is 6.19. The average Bonchev–Trinajstić information content (AvgIpc) is 3.42. The predicted octanol–water partition coefficient (Wildman–Crippen LogP) is 6.17. The molecule has 6 atom stereocenters. The lowest BCUT2D eigenvalue weighted by molar-refractivity contribution is -0.141. The van der Waals surface area contributed by atoms with Gasteiger partial charge in [-0.2, -0.15) is 0 Å². The van der Waals surface area contributed by atoms with E-state index in [1.54, 1.807) is 19.1 Å². The van der Waals surface area contributed by atoms with E-state index in [9.17, 15) is 28.7 Å². The van der Waals surface area contributed by atoms with Crippen molar-refractivity contribution >= 4 is 47.0 Å². The number of likely N-dealkylation sites (tertiary alicyclic amines) is 1. The van der Waals surface area contributed by atoms with Gasteiger partial charge in [-0.3, -0.25) is 24.1 Å². The zero-order chi connectivity index (χ0) is 33.2. The Morgan fingerprint density at radius 2 is 1.77 bits per heavy atom. The van der Waals surface area contributed by atoms with Crippen LogP contribution in [0.3, 0.4) is 0 Å². The topological polar surface area (TPSA) is 104 Å². The lowest BCUT2D eigenvalue weighted by Crippen LogP contribution is -2.49. The van der Waals surface area contributed by atoms with Crippen LogP contribution in [-0.2, 0) is 25.7 Å². The molecule has 0 spiro atoms. The molecule has 47 heavy (non-hydrogen) atoms. The standard InChI is InChI=1S/C37H32ClFN2O6/c1-37-26(13-8-20-9-15-30(42)31(16-20)47-2)23-11-12-24-32(35(45)40(33(24)43)19-21-6-4-3-5-7-21)25(23)18-27(37)34(44)41(36(37)46)22-10-14-29(39)28(38)17-22/h3-11,13-17,24-27,32,42H,12,18-19H2,1-2H3. The Morgan fingerprint density at radius 3 is 2.49 bits per heavy atom. The summed E-state index contributed by atoms with van der Waals surface area (Å²) in [7, 11) is 1.45. The second-order valence-corrected chi connectivity index (χ2v) is 13.3. The van der Waals surface area contributed by atoms with Crippen LogP contribution in [0.25, 0.3) is 6.08 Å². The summed E-state index contributed by atoms with van der Waals surface area (Å²) >= 11 is 6.07. The van der Waals surface area contributed by atoms with Gasteiger partial charge in [0.2, 0.25) is 23.6 Å². The smallest absolute Gasteiger partial charge is 0.241 e. The van der Waals surface area contributed by atoms with E-state index in [2.05, 4.69) is 0 Å². The van der Waals surface area contributed by atoms with Crippen molar-refractivity contribution in [2.24, 2.45) is 35.0 Å². The first kappa shape index (κ1) is 30.9. The minimum Gasteiger partial charge on any atom is -0.504 e. The number of rotatable bonds is 6. The summed E-state index contributed by atoms with van der Waals surface area (Å²) in [6.45, 7) is 1.93. The lowest BCUT2D eigenvalue weighted by Gasteiger charge is -2.47. The van der Waals surface area contributed by atoms with Crippen molar-refractivity contribution in [2.75, 3.05) is 12.0 Å². The minimum atomic E-state index is -1.25. The molecule has 4 amide bonds. The van der Waals surface area contributed by atoms with Crippen molar-refractivity contribution in [2.45, 2.75) is 26.3 Å². The SMILES string of the molecule is COc1cc(C=CC2C3=CCC4C(=O)N(Cc5ccccc5)C(=O)C4C3CC3C(=O)N(c4ccc(F)c(Cl)c4)C(=O)C23C)ccc1O. The van der Waals surface area contributed by atoms with Crippen LogP contribution in [0.15, 0.2) is 84.5 Å². The number of hydrogen-bond acceptors (Lipinski definition) is 6. The summed E-state index contributed by atoms with van der Waals surface area (Å²) < 4.78 is 19.4. The van der Waals surface area contributed by atoms with Gasteiger partial charge in [-0.15, -0.1) is 0 Å². The fraction of sp³-hybridized carbons (Fsp3) is 0.297. The average molecular weight is 655 g/mol. The van der Waals surface area contributed by atoms with Crippen molar-refractivity contribution in [3.63, 3.8) is 0 Å². The third-order valence-corrected chi connectivity index (χ3v) is 10.8. The Morgan fingerprint density at radius 1 is 1.00 bits per heavy atom. The molecule has 4 aliphatic rings. The fourth-order valence-corrected chi connectivity index (χ4v) is 8.26. The number of benzene rings is 3. The minimum absolute atomic E-state index is 0.0231. The van der Waals surface area contributed by atoms with Crippen LogP contribution in [0, 0.1) is 40.8 Å². The van der Waals surface area contributed by atoms with Gasteiger partial charge in [0.25, 0.3) is 0 Å². The van der Waals surface area contributed by atoms with Gasteiger partial charge in [-0.1, -0.05) is 71.8 Å². The summed E-state index contributed by atoms with van der Waals surface area (Å²) in [5.74, 6) is -4.95. The predicted molar refractivity (Wildman–Crippen MR) is 172 cm³/mol. The summed E-state index contributed by atoms with van der Waals surface area (Å²) in [6, 6.07) is 17.9. The number of carbonyl (C=O) groups excluding carboxylic acids is 4. The number of nitrogens with zero attached hydrogens (tertiary/aromatic N) is 2. The molecule has 240 valence electrons. The van der Waals surface area contributed by atoms with Crippen LogP contribution >= 0.6 is 11.6 Å². The first-order valence-electron chi connectivity index (χ1n) is 15.5. The Balaban J connectivity index is 1.31. The maximum Gasteiger partial charge on any atom is 0.241 e. The highest BCUT2D eigenvalue weighted by molar-refractivity contribution is 6.31. The number of allylic oxidation sites excluding steroid dienone is 3. The number of hydrogen-bond donors (Lipinski definition) is 1. The zero-order valence-electron chi connectivity index (χ0n) is 25.7. The van der Waals surface area contributed by atoms with Crippen LogP contribution in [0.5, 0.6) is 11.5 Å². The van der Waals surface area contributed by atoms with E-state index in [0.29, 0.717) is 12.0 Å². The Labute approximate surface area is 276 Å². The van der Waals surface area contributed by atoms with Crippen LogP contribution in [-0.4, -0.2) is 40.7 Å². The van der Waals surface area contributed by atoms with E-state index >= 15 is 0 Å². The molecule has 7 rings (SSSR count). The quantitative estimate of drug-likeness (QED) is 0.252. The second-order valence-electron chi connectivity index (χ2n) is 12.8. The lowest BCUT2D eigenvalue weighted by atomic mass is 9.52. The molecule has 6 unspecified atom stereocenters. The second kappa shape index (κ2) is 11.5. The van der Waals surface area contributed by atoms with Gasteiger partial charge >= 0.3 is 0 Å². The molecule has 3 aromatic carbocycles. The third kappa shape index (κ3) is 4.78. The molecule has 3 aromatic rings. The molecule has 3 fully saturated rings. The molecule has 2 aliphatic carbocycles. The Bertz CT molecular complexity index is 1890. The molecule has 2 aliphatic heterocycles. The molecule has 1 N–H and O–H groups in total. The maximum atomic E-state index is 14.4. The zero-order valence-corrected chi connectivity index (χ0v) is 26.5. The highest BCUT2D eigenvalue weighted by atomic mass is 35.5. The van der Waals surface area contributed by atoms with E-state index in [1.807, 2.05) is 48.6 Å². The summed E-state index contributed by atoms with van der Waals surface area (Å²) in [5, 5.41) is 9.90. The Hall–Kier alpha value is -4.76. The maximum absolute atomic E-state index is 14.4. The van der Waals surface area contributed by atoms with E-state index in [0.717, 1.165) is 22.1 Å². The normalized spacial score (nSPS) is 28.4. The molecule has 8 nitrogen and oxygen atoms in total. The highest BCUT2D eigenvalue weighted by Crippen LogP contribution is 2.61. The van der Waals surface area contributed by atoms with Crippen LogP contribution in [0.1, 0.15) is 30.9 Å². The summed E-state index contributed by atoms with van der Waals surface area (Å²) in [4.78, 5) is 58.8. The molecular formula is C37H32ClFN2O6. The van der Waals surface area contributed by atoms with E-state index in [1.165, 1.54) is 30.2 Å². The van der Waals surface area contributed by atoms with Gasteiger partial charge in [-0.25, -0.2) is 9.29 Å². The number of halogens is 2. The number of anilines is 1. The molecule has 0 radical (unpaired) electrons. The molecule has 1 saturated carbocycles. The van der Waals surface area contributed by atoms with Crippen molar-refractivity contribution in [1.82, 2.24) is 4.90 Å². The van der Waals surface area contributed by atoms with Crippen LogP contribution < -0.4 is 9.64 Å². The number of phenolic OH excluding ortho intramolecular Hbond substituents is 1. The number of aromatic hydroxyl groups is 1. The van der Waals surface area contributed by atoms with Crippen LogP contribution in [0.2, 0.25) is 5.02 Å². The van der Waals surface area contributed by atoms with Gasteiger partial charge in [0.15, 0.2) is 11.5 Å². The number of imide groups is 2. The molecule has 10 heteroatoms. The van der Waals surface area contributed by atoms with Crippen molar-refractivity contribution in [3.05, 3.63) is 106 Å². The van der Waals surface area contributed by atoms with Crippen molar-refractivity contribution < 1.29 is 33.4 Å². The number of ether oxygens (including phenoxy) is 1. The number of phenols is 1. The van der Waals surface area contributed by atoms with E-state index < -0.39 is 52.6 Å². The highest BCUT2D eigenvalue weighted by Gasteiger charge is 2.66. The molecule has 2 saturated heterocycles. The monoisotopic (exact) mass is 654 g/mol. The number of fused-ring (bicyclic) bond motifs is 4. The molecule has 2 heterocycles. The Kier molecular flexibility index (Phi) is 7.55. The van der Waals surface area contributed by atoms with Gasteiger partial charge in [0, 0.05) is 5.92 Å². The molecular weight excluding hydrogens is 623 g/mol. The van der Waals surface area contributed by atoms with Gasteiger partial charge in [-0.05, 0) is 67.1 Å². The van der Waals surface area contributed by atoms with Crippen molar-refractivity contribution in [3.8, 4) is 11.5 Å². The number of methoxy groups -OCH3 is 1. The first-order valence-corrected chi connectivity index (χ1v) is 15.9. The number of amides is 4. The van der Waals surface area contributed by atoms with Gasteiger partial charge in [0.05, 0.1) is 47.5 Å². The van der Waals surface area contributed by atoms with E-state index in [-0.39, 0.29) is 47.0 Å².